The number of nitrogens with one attached hydrogen (secondary N) is 1. The van der Waals surface area contributed by atoms with Gasteiger partial charge in [-0.1, -0.05) is 32.0 Å². The summed E-state index contributed by atoms with van der Waals surface area (Å²) in [7, 11) is 1.23. The number of rotatable bonds is 3. The average molecular weight is 417 g/mol. The molecule has 0 amide bonds. The molecule has 0 saturated carbocycles. The highest BCUT2D eigenvalue weighted by Crippen LogP contribution is 2.35. The highest BCUT2D eigenvalue weighted by Gasteiger charge is 2.22. The average Bonchev–Trinajstić information content (AvgIpc) is 3.00. The minimum atomic E-state index is -0.685. The molecular weight excluding hydrogens is 409 g/mol. The first-order valence-electron chi connectivity index (χ1n) is 6.26. The summed E-state index contributed by atoms with van der Waals surface area (Å²) in [5.74, 6) is -1.36. The first-order chi connectivity index (χ1) is 11.0. The molecule has 0 atom stereocenters. The van der Waals surface area contributed by atoms with Gasteiger partial charge in [-0.15, -0.1) is 5.10 Å². The Bertz CT molecular complexity index is 918. The van der Waals surface area contributed by atoms with Crippen LogP contribution in [0.3, 0.4) is 0 Å². The van der Waals surface area contributed by atoms with Crippen molar-refractivity contribution in [2.45, 2.75) is 0 Å². The van der Waals surface area contributed by atoms with Crippen LogP contribution in [0.4, 0.5) is 15.8 Å². The largest absolute Gasteiger partial charge is 0.465 e. The standard InChI is InChI=1S/C14H8BrClFN3O2S/c1-22-14(21)7-5-10-13(19-20-23-10)11(17)12(7)18-9-3-2-6(15)4-8(9)16/h2-5,18H,1H3. The van der Waals surface area contributed by atoms with Crippen LogP contribution in [0.2, 0.25) is 5.02 Å². The molecule has 9 heteroatoms. The Morgan fingerprint density at radius 2 is 2.22 bits per heavy atom. The molecule has 0 aliphatic heterocycles. The quantitative estimate of drug-likeness (QED) is 0.623. The Labute approximate surface area is 147 Å². The second-order valence-corrected chi connectivity index (χ2v) is 6.58. The molecule has 0 unspecified atom stereocenters. The molecule has 0 radical (unpaired) electrons. The van der Waals surface area contributed by atoms with Crippen LogP contribution in [-0.2, 0) is 4.74 Å². The van der Waals surface area contributed by atoms with Crippen molar-refractivity contribution in [3.63, 3.8) is 0 Å². The third-order valence-electron chi connectivity index (χ3n) is 3.08. The number of halogens is 3. The molecule has 3 rings (SSSR count). The summed E-state index contributed by atoms with van der Waals surface area (Å²) >= 11 is 10.4. The topological polar surface area (TPSA) is 64.1 Å². The Morgan fingerprint density at radius 1 is 1.43 bits per heavy atom. The van der Waals surface area contributed by atoms with Gasteiger partial charge in [-0.25, -0.2) is 9.18 Å². The molecule has 0 bridgehead atoms. The van der Waals surface area contributed by atoms with Gasteiger partial charge in [0.2, 0.25) is 0 Å². The molecule has 1 heterocycles. The highest BCUT2D eigenvalue weighted by atomic mass is 79.9. The van der Waals surface area contributed by atoms with Gasteiger partial charge in [-0.2, -0.15) is 0 Å². The van der Waals surface area contributed by atoms with Gasteiger partial charge in [0.25, 0.3) is 0 Å². The van der Waals surface area contributed by atoms with Crippen molar-refractivity contribution in [1.82, 2.24) is 9.59 Å². The Kier molecular flexibility index (Phi) is 4.47. The fraction of sp³-hybridized carbons (Fsp3) is 0.0714. The van der Waals surface area contributed by atoms with E-state index in [4.69, 9.17) is 16.3 Å². The number of esters is 1. The number of anilines is 2. The van der Waals surface area contributed by atoms with Crippen LogP contribution >= 0.6 is 39.1 Å². The summed E-state index contributed by atoms with van der Waals surface area (Å²) in [6, 6.07) is 6.55. The zero-order valence-electron chi connectivity index (χ0n) is 11.6. The zero-order valence-corrected chi connectivity index (χ0v) is 14.7. The van der Waals surface area contributed by atoms with Gasteiger partial charge in [0.15, 0.2) is 5.82 Å². The van der Waals surface area contributed by atoms with Gasteiger partial charge in [0.05, 0.1) is 33.8 Å². The van der Waals surface area contributed by atoms with E-state index in [1.165, 1.54) is 13.2 Å². The summed E-state index contributed by atoms with van der Waals surface area (Å²) in [6.07, 6.45) is 0. The number of methoxy groups -OCH3 is 1. The summed E-state index contributed by atoms with van der Waals surface area (Å²) < 4.78 is 24.4. The van der Waals surface area contributed by atoms with E-state index in [0.29, 0.717) is 15.4 Å². The molecule has 0 fully saturated rings. The van der Waals surface area contributed by atoms with Crippen molar-refractivity contribution in [2.75, 3.05) is 12.4 Å². The van der Waals surface area contributed by atoms with Crippen molar-refractivity contribution in [3.05, 3.63) is 45.1 Å². The molecule has 0 spiro atoms. The molecular formula is C14H8BrClFN3O2S. The van der Waals surface area contributed by atoms with Gasteiger partial charge >= 0.3 is 5.97 Å². The summed E-state index contributed by atoms with van der Waals surface area (Å²) in [5, 5.41) is 6.95. The molecule has 0 aliphatic carbocycles. The normalized spacial score (nSPS) is 10.8. The maximum Gasteiger partial charge on any atom is 0.340 e. The van der Waals surface area contributed by atoms with Crippen molar-refractivity contribution >= 4 is 66.6 Å². The molecule has 0 aliphatic rings. The van der Waals surface area contributed by atoms with E-state index in [1.807, 2.05) is 0 Å². The lowest BCUT2D eigenvalue weighted by Gasteiger charge is -2.13. The van der Waals surface area contributed by atoms with E-state index < -0.39 is 11.8 Å². The van der Waals surface area contributed by atoms with E-state index >= 15 is 0 Å². The molecule has 5 nitrogen and oxygen atoms in total. The molecule has 1 aromatic heterocycles. The number of benzene rings is 2. The first-order valence-corrected chi connectivity index (χ1v) is 8.20. The maximum absolute atomic E-state index is 14.7. The molecule has 2 aromatic carbocycles. The highest BCUT2D eigenvalue weighted by molar-refractivity contribution is 9.10. The molecule has 0 saturated heterocycles. The van der Waals surface area contributed by atoms with Gasteiger partial charge in [-0.3, -0.25) is 0 Å². The third-order valence-corrected chi connectivity index (χ3v) is 4.56. The van der Waals surface area contributed by atoms with Crippen LogP contribution < -0.4 is 5.32 Å². The van der Waals surface area contributed by atoms with Gasteiger partial charge in [0.1, 0.15) is 5.52 Å². The Hall–Kier alpha value is -1.77. The van der Waals surface area contributed by atoms with Crippen LogP contribution in [0.25, 0.3) is 10.2 Å². The van der Waals surface area contributed by atoms with Gasteiger partial charge in [-0.05, 0) is 35.8 Å². The summed E-state index contributed by atoms with van der Waals surface area (Å²) in [5.41, 5.74) is 0.517. The number of carbonyl (C=O) groups is 1. The second-order valence-electron chi connectivity index (χ2n) is 4.47. The van der Waals surface area contributed by atoms with Crippen LogP contribution in [0, 0.1) is 5.82 Å². The zero-order chi connectivity index (χ0) is 16.6. The number of carbonyl (C=O) groups excluding carboxylic acids is 1. The number of aromatic nitrogens is 2. The van der Waals surface area contributed by atoms with Crippen LogP contribution in [0.15, 0.2) is 28.7 Å². The smallest absolute Gasteiger partial charge is 0.340 e. The number of nitrogens with zero attached hydrogens (tertiary/aromatic N) is 2. The lowest BCUT2D eigenvalue weighted by molar-refractivity contribution is 0.0601. The van der Waals surface area contributed by atoms with E-state index in [-0.39, 0.29) is 16.8 Å². The lowest BCUT2D eigenvalue weighted by Crippen LogP contribution is -2.08. The summed E-state index contributed by atoms with van der Waals surface area (Å²) in [4.78, 5) is 12.0. The van der Waals surface area contributed by atoms with Crippen LogP contribution in [0.5, 0.6) is 0 Å². The number of hydrogen-bond acceptors (Lipinski definition) is 6. The van der Waals surface area contributed by atoms with Crippen molar-refractivity contribution in [3.8, 4) is 0 Å². The Balaban J connectivity index is 2.17. The first kappa shape index (κ1) is 16.1. The predicted molar refractivity (Wildman–Crippen MR) is 91.1 cm³/mol. The molecule has 118 valence electrons. The fourth-order valence-corrected chi connectivity index (χ4v) is 3.32. The van der Waals surface area contributed by atoms with E-state index in [9.17, 15) is 9.18 Å². The molecule has 23 heavy (non-hydrogen) atoms. The fourth-order valence-electron chi connectivity index (χ4n) is 2.00. The predicted octanol–water partition coefficient (Wildman–Crippen LogP) is 4.78. The number of ether oxygens (including phenoxy) is 1. The van der Waals surface area contributed by atoms with Crippen molar-refractivity contribution in [1.29, 1.82) is 0 Å². The minimum absolute atomic E-state index is 0.0440. The maximum atomic E-state index is 14.7. The molecule has 1 N–H and O–H groups in total. The third kappa shape index (κ3) is 3.01. The van der Waals surface area contributed by atoms with Crippen LogP contribution in [-0.4, -0.2) is 22.7 Å². The Morgan fingerprint density at radius 3 is 2.91 bits per heavy atom. The van der Waals surface area contributed by atoms with Gasteiger partial charge < -0.3 is 10.1 Å². The van der Waals surface area contributed by atoms with E-state index in [1.54, 1.807) is 18.2 Å². The SMILES string of the molecule is COC(=O)c1cc2snnc2c(F)c1Nc1ccc(Br)cc1Cl. The lowest BCUT2D eigenvalue weighted by atomic mass is 10.1. The number of fused-ring (bicyclic) bond motifs is 1. The van der Waals surface area contributed by atoms with E-state index in [2.05, 4.69) is 30.8 Å². The van der Waals surface area contributed by atoms with Gasteiger partial charge in [0, 0.05) is 4.47 Å². The second kappa shape index (κ2) is 6.38. The van der Waals surface area contributed by atoms with Crippen molar-refractivity contribution < 1.29 is 13.9 Å². The van der Waals surface area contributed by atoms with Crippen molar-refractivity contribution in [2.24, 2.45) is 0 Å². The number of hydrogen-bond donors (Lipinski definition) is 1. The van der Waals surface area contributed by atoms with E-state index in [0.717, 1.165) is 16.0 Å². The summed E-state index contributed by atoms with van der Waals surface area (Å²) in [6.45, 7) is 0. The molecule has 3 aromatic rings. The van der Waals surface area contributed by atoms with Crippen LogP contribution in [0.1, 0.15) is 10.4 Å². The minimum Gasteiger partial charge on any atom is -0.465 e. The monoisotopic (exact) mass is 415 g/mol.